The van der Waals surface area contributed by atoms with Crippen molar-refractivity contribution in [1.29, 1.82) is 0 Å². The number of phenolic OH excluding ortho intramolecular Hbond substituents is 2. The lowest BCUT2D eigenvalue weighted by molar-refractivity contribution is 0.462. The van der Waals surface area contributed by atoms with Crippen LogP contribution in [0, 0.1) is 0 Å². The Hall–Kier alpha value is -2.78. The summed E-state index contributed by atoms with van der Waals surface area (Å²) in [5, 5.41) is 19.9. The molecule has 0 amide bonds. The molecule has 3 heteroatoms. The molecule has 3 nitrogen and oxygen atoms in total. The molecule has 0 aromatic heterocycles. The predicted molar refractivity (Wildman–Crippen MR) is 96.2 cm³/mol. The van der Waals surface area contributed by atoms with Gasteiger partial charge in [0.2, 0.25) is 0 Å². The molecule has 122 valence electrons. The van der Waals surface area contributed by atoms with Crippen molar-refractivity contribution in [2.45, 2.75) is 11.8 Å². The van der Waals surface area contributed by atoms with Crippen LogP contribution in [-0.4, -0.2) is 16.8 Å². The number of phenols is 2. The average Bonchev–Trinajstić information content (AvgIpc) is 2.60. The molecule has 3 rings (SSSR count). The molecule has 4 N–H and O–H groups in total. The first-order chi connectivity index (χ1) is 11.6. The van der Waals surface area contributed by atoms with E-state index in [1.165, 1.54) is 0 Å². The van der Waals surface area contributed by atoms with E-state index in [0.29, 0.717) is 13.0 Å². The zero-order chi connectivity index (χ0) is 17.0. The summed E-state index contributed by atoms with van der Waals surface area (Å²) in [6.45, 7) is 0.356. The Bertz CT molecular complexity index is 769. The van der Waals surface area contributed by atoms with Gasteiger partial charge in [-0.1, -0.05) is 54.6 Å². The van der Waals surface area contributed by atoms with E-state index < -0.39 is 5.41 Å². The first kappa shape index (κ1) is 16.1. The number of hydrogen-bond donors (Lipinski definition) is 3. The van der Waals surface area contributed by atoms with E-state index >= 15 is 0 Å². The molecule has 0 aliphatic carbocycles. The number of hydrogen-bond acceptors (Lipinski definition) is 3. The van der Waals surface area contributed by atoms with Gasteiger partial charge < -0.3 is 15.9 Å². The highest BCUT2D eigenvalue weighted by molar-refractivity contribution is 5.46. The van der Waals surface area contributed by atoms with Gasteiger partial charge in [-0.15, -0.1) is 0 Å². The third-order valence-electron chi connectivity index (χ3n) is 4.49. The van der Waals surface area contributed by atoms with Crippen molar-refractivity contribution in [2.24, 2.45) is 5.73 Å². The molecule has 0 heterocycles. The van der Waals surface area contributed by atoms with Crippen LogP contribution in [0.25, 0.3) is 0 Å². The molecular weight excluding hydrogens is 298 g/mol. The Morgan fingerprint density at radius 1 is 0.708 bits per heavy atom. The van der Waals surface area contributed by atoms with E-state index in [1.807, 2.05) is 42.5 Å². The van der Waals surface area contributed by atoms with E-state index in [9.17, 15) is 10.2 Å². The van der Waals surface area contributed by atoms with Gasteiger partial charge in [0.15, 0.2) is 0 Å². The number of rotatable bonds is 5. The van der Waals surface area contributed by atoms with Crippen molar-refractivity contribution in [3.05, 3.63) is 95.6 Å². The smallest absolute Gasteiger partial charge is 0.115 e. The fourth-order valence-corrected chi connectivity index (χ4v) is 3.23. The van der Waals surface area contributed by atoms with Gasteiger partial charge in [0.25, 0.3) is 0 Å². The standard InChI is InChI=1S/C21H21NO2/c22-15-21(14-16-6-2-1-3-7-16,17-8-4-10-19(23)12-17)18-9-5-11-20(24)13-18/h1-13,23-24H,14-15,22H2. The van der Waals surface area contributed by atoms with Gasteiger partial charge in [-0.2, -0.15) is 0 Å². The van der Waals surface area contributed by atoms with Crippen LogP contribution in [0.5, 0.6) is 11.5 Å². The van der Waals surface area contributed by atoms with Crippen molar-refractivity contribution in [1.82, 2.24) is 0 Å². The van der Waals surface area contributed by atoms with Crippen LogP contribution in [0.3, 0.4) is 0 Å². The minimum atomic E-state index is -0.529. The number of aromatic hydroxyl groups is 2. The molecule has 0 aliphatic rings. The van der Waals surface area contributed by atoms with Crippen LogP contribution < -0.4 is 5.73 Å². The summed E-state index contributed by atoms with van der Waals surface area (Å²) in [4.78, 5) is 0. The Morgan fingerprint density at radius 3 is 1.71 bits per heavy atom. The van der Waals surface area contributed by atoms with E-state index in [2.05, 4.69) is 12.1 Å². The lowest BCUT2D eigenvalue weighted by atomic mass is 9.70. The van der Waals surface area contributed by atoms with Gasteiger partial charge in [0.1, 0.15) is 11.5 Å². The molecule has 3 aromatic carbocycles. The lowest BCUT2D eigenvalue weighted by Crippen LogP contribution is -2.38. The Balaban J connectivity index is 2.18. The fourth-order valence-electron chi connectivity index (χ4n) is 3.23. The van der Waals surface area contributed by atoms with Gasteiger partial charge >= 0.3 is 0 Å². The molecule has 0 radical (unpaired) electrons. The van der Waals surface area contributed by atoms with Crippen molar-refractivity contribution >= 4 is 0 Å². The van der Waals surface area contributed by atoms with Crippen molar-refractivity contribution in [3.63, 3.8) is 0 Å². The van der Waals surface area contributed by atoms with Crippen LogP contribution in [0.4, 0.5) is 0 Å². The quantitative estimate of drug-likeness (QED) is 0.673. The maximum atomic E-state index is 9.95. The summed E-state index contributed by atoms with van der Waals surface area (Å²) in [5.41, 5.74) is 8.74. The monoisotopic (exact) mass is 319 g/mol. The third kappa shape index (κ3) is 3.12. The first-order valence-corrected chi connectivity index (χ1v) is 7.97. The van der Waals surface area contributed by atoms with Crippen LogP contribution in [0.1, 0.15) is 16.7 Å². The van der Waals surface area contributed by atoms with Crippen LogP contribution in [-0.2, 0) is 11.8 Å². The summed E-state index contributed by atoms with van der Waals surface area (Å²) in [7, 11) is 0. The average molecular weight is 319 g/mol. The van der Waals surface area contributed by atoms with Crippen molar-refractivity contribution < 1.29 is 10.2 Å². The lowest BCUT2D eigenvalue weighted by Gasteiger charge is -2.34. The second kappa shape index (κ2) is 6.77. The second-order valence-corrected chi connectivity index (χ2v) is 6.05. The molecule has 3 aromatic rings. The summed E-state index contributed by atoms with van der Waals surface area (Å²) in [5.74, 6) is 0.414. The number of benzene rings is 3. The van der Waals surface area contributed by atoms with Gasteiger partial charge in [0, 0.05) is 12.0 Å². The molecule has 0 spiro atoms. The molecule has 0 saturated carbocycles. The number of nitrogens with two attached hydrogens (primary N) is 1. The second-order valence-electron chi connectivity index (χ2n) is 6.05. The topological polar surface area (TPSA) is 66.5 Å². The summed E-state index contributed by atoms with van der Waals surface area (Å²) < 4.78 is 0. The van der Waals surface area contributed by atoms with Gasteiger partial charge in [-0.3, -0.25) is 0 Å². The molecule has 0 bridgehead atoms. The zero-order valence-corrected chi connectivity index (χ0v) is 13.4. The molecule has 0 fully saturated rings. The SMILES string of the molecule is NCC(Cc1ccccc1)(c1cccc(O)c1)c1cccc(O)c1. The van der Waals surface area contributed by atoms with Crippen molar-refractivity contribution in [2.75, 3.05) is 6.54 Å². The Labute approximate surface area is 142 Å². The van der Waals surface area contributed by atoms with Gasteiger partial charge in [-0.05, 0) is 47.4 Å². The molecule has 0 aliphatic heterocycles. The molecular formula is C21H21NO2. The Morgan fingerprint density at radius 2 is 1.25 bits per heavy atom. The predicted octanol–water partition coefficient (Wildman–Crippen LogP) is 3.59. The molecule has 24 heavy (non-hydrogen) atoms. The molecule has 0 unspecified atom stereocenters. The highest BCUT2D eigenvalue weighted by Gasteiger charge is 2.33. The summed E-state index contributed by atoms with van der Waals surface area (Å²) in [6, 6.07) is 24.5. The highest BCUT2D eigenvalue weighted by Crippen LogP contribution is 2.37. The maximum absolute atomic E-state index is 9.95. The first-order valence-electron chi connectivity index (χ1n) is 7.97. The van der Waals surface area contributed by atoms with E-state index in [0.717, 1.165) is 16.7 Å². The third-order valence-corrected chi connectivity index (χ3v) is 4.49. The fraction of sp³-hybridized carbons (Fsp3) is 0.143. The van der Waals surface area contributed by atoms with Crippen molar-refractivity contribution in [3.8, 4) is 11.5 Å². The van der Waals surface area contributed by atoms with Crippen LogP contribution in [0.2, 0.25) is 0 Å². The summed E-state index contributed by atoms with van der Waals surface area (Å²) in [6.07, 6.45) is 0.678. The minimum absolute atomic E-state index is 0.207. The van der Waals surface area contributed by atoms with E-state index in [1.54, 1.807) is 24.3 Å². The molecule has 0 saturated heterocycles. The van der Waals surface area contributed by atoms with Crippen LogP contribution in [0.15, 0.2) is 78.9 Å². The normalized spacial score (nSPS) is 11.4. The molecule has 0 atom stereocenters. The van der Waals surface area contributed by atoms with Gasteiger partial charge in [0.05, 0.1) is 0 Å². The maximum Gasteiger partial charge on any atom is 0.115 e. The summed E-state index contributed by atoms with van der Waals surface area (Å²) >= 11 is 0. The minimum Gasteiger partial charge on any atom is -0.508 e. The Kier molecular flexibility index (Phi) is 4.54. The van der Waals surface area contributed by atoms with Crippen LogP contribution >= 0.6 is 0 Å². The van der Waals surface area contributed by atoms with E-state index in [4.69, 9.17) is 5.73 Å². The highest BCUT2D eigenvalue weighted by atomic mass is 16.3. The zero-order valence-electron chi connectivity index (χ0n) is 13.4. The largest absolute Gasteiger partial charge is 0.508 e. The van der Waals surface area contributed by atoms with E-state index in [-0.39, 0.29) is 11.5 Å². The van der Waals surface area contributed by atoms with Gasteiger partial charge in [-0.25, -0.2) is 0 Å².